The van der Waals surface area contributed by atoms with Gasteiger partial charge in [-0.25, -0.2) is 8.42 Å². The van der Waals surface area contributed by atoms with E-state index in [-0.39, 0.29) is 12.5 Å². The van der Waals surface area contributed by atoms with E-state index < -0.39 is 16.1 Å². The van der Waals surface area contributed by atoms with Crippen LogP contribution in [0.4, 0.5) is 5.69 Å². The van der Waals surface area contributed by atoms with Gasteiger partial charge in [-0.15, -0.1) is 0 Å². The highest BCUT2D eigenvalue weighted by Crippen LogP contribution is 2.34. The highest BCUT2D eigenvalue weighted by atomic mass is 32.2. The Hall–Kier alpha value is -1.80. The number of carbonyl (C=O) groups is 1. The number of anilines is 1. The summed E-state index contributed by atoms with van der Waals surface area (Å²) in [5, 5.41) is 2.92. The van der Waals surface area contributed by atoms with E-state index in [1.54, 1.807) is 24.3 Å². The summed E-state index contributed by atoms with van der Waals surface area (Å²) < 4.78 is 31.3. The molecule has 3 rings (SSSR count). The Morgan fingerprint density at radius 1 is 1.29 bits per heavy atom. The van der Waals surface area contributed by atoms with E-state index in [0.29, 0.717) is 24.0 Å². The SMILES string of the molecule is CC[C@H]1CCCCN1CCCNC(=O)[C@@H]1CN(S(C)(=O)=O)c2ccccc2O1. The van der Waals surface area contributed by atoms with E-state index in [9.17, 15) is 13.2 Å². The standard InChI is InChI=1S/C20H31N3O4S/c1-3-16-9-6-7-13-22(16)14-8-12-21-20(24)19-15-23(28(2,25)26)17-10-4-5-11-18(17)27-19/h4-5,10-11,16,19H,3,6-9,12-15H2,1-2H3,(H,21,24)/t16-,19-/m0/s1. The normalized spacial score (nSPS) is 23.0. The number of nitrogens with one attached hydrogen (secondary N) is 1. The molecular formula is C20H31N3O4S. The fourth-order valence-corrected chi connectivity index (χ4v) is 4.99. The Labute approximate surface area is 168 Å². The first-order valence-corrected chi connectivity index (χ1v) is 12.0. The van der Waals surface area contributed by atoms with E-state index in [2.05, 4.69) is 17.1 Å². The minimum Gasteiger partial charge on any atom is -0.476 e. The molecule has 0 bridgehead atoms. The summed E-state index contributed by atoms with van der Waals surface area (Å²) in [6.45, 7) is 4.90. The third-order valence-corrected chi connectivity index (χ3v) is 6.72. The maximum Gasteiger partial charge on any atom is 0.263 e. The van der Waals surface area contributed by atoms with Crippen LogP contribution in [0, 0.1) is 0 Å². The number of benzene rings is 1. The van der Waals surface area contributed by atoms with Crippen LogP contribution in [-0.2, 0) is 14.8 Å². The summed E-state index contributed by atoms with van der Waals surface area (Å²) in [5.74, 6) is 0.146. The largest absolute Gasteiger partial charge is 0.476 e. The van der Waals surface area contributed by atoms with Crippen molar-refractivity contribution in [1.82, 2.24) is 10.2 Å². The summed E-state index contributed by atoms with van der Waals surface area (Å²) in [5.41, 5.74) is 0.477. The lowest BCUT2D eigenvalue weighted by molar-refractivity contribution is -0.127. The lowest BCUT2D eigenvalue weighted by atomic mass is 10.00. The number of piperidine rings is 1. The Morgan fingerprint density at radius 2 is 2.07 bits per heavy atom. The van der Waals surface area contributed by atoms with Gasteiger partial charge >= 0.3 is 0 Å². The van der Waals surface area contributed by atoms with Crippen LogP contribution in [0.3, 0.4) is 0 Å². The predicted octanol–water partition coefficient (Wildman–Crippen LogP) is 1.98. The number of carbonyl (C=O) groups excluding carboxylic acids is 1. The highest BCUT2D eigenvalue weighted by Gasteiger charge is 2.34. The van der Waals surface area contributed by atoms with Crippen LogP contribution in [0.2, 0.25) is 0 Å². The van der Waals surface area contributed by atoms with Crippen molar-refractivity contribution in [2.24, 2.45) is 0 Å². The van der Waals surface area contributed by atoms with Gasteiger partial charge in [0.2, 0.25) is 10.0 Å². The summed E-state index contributed by atoms with van der Waals surface area (Å²) >= 11 is 0. The van der Waals surface area contributed by atoms with Crippen LogP contribution in [0.5, 0.6) is 5.75 Å². The van der Waals surface area contributed by atoms with Gasteiger partial charge in [-0.1, -0.05) is 25.5 Å². The number of ether oxygens (including phenoxy) is 1. The van der Waals surface area contributed by atoms with Crippen LogP contribution in [0.25, 0.3) is 0 Å². The maximum atomic E-state index is 12.6. The summed E-state index contributed by atoms with van der Waals surface area (Å²) in [6.07, 6.45) is 6.17. The number of sulfonamides is 1. The number of nitrogens with zero attached hydrogens (tertiary/aromatic N) is 2. The molecular weight excluding hydrogens is 378 g/mol. The fourth-order valence-electron chi connectivity index (χ4n) is 4.08. The predicted molar refractivity (Wildman–Crippen MR) is 110 cm³/mol. The molecule has 7 nitrogen and oxygen atoms in total. The quantitative estimate of drug-likeness (QED) is 0.697. The van der Waals surface area contributed by atoms with E-state index in [1.165, 1.54) is 30.0 Å². The number of amides is 1. The van der Waals surface area contributed by atoms with Crippen LogP contribution in [-0.4, -0.2) is 63.8 Å². The van der Waals surface area contributed by atoms with Crippen molar-refractivity contribution < 1.29 is 17.9 Å². The van der Waals surface area contributed by atoms with Gasteiger partial charge in [0.1, 0.15) is 5.75 Å². The average molecular weight is 410 g/mol. The van der Waals surface area contributed by atoms with E-state index >= 15 is 0 Å². The molecule has 1 N–H and O–H groups in total. The molecule has 2 atom stereocenters. The van der Waals surface area contributed by atoms with Gasteiger partial charge in [0.25, 0.3) is 5.91 Å². The van der Waals surface area contributed by atoms with Gasteiger partial charge in [-0.05, 0) is 44.4 Å². The van der Waals surface area contributed by atoms with Gasteiger partial charge in [0, 0.05) is 19.1 Å². The Bertz CT molecular complexity index is 783. The second-order valence-electron chi connectivity index (χ2n) is 7.61. The average Bonchev–Trinajstić information content (AvgIpc) is 2.69. The number of fused-ring (bicyclic) bond motifs is 1. The van der Waals surface area contributed by atoms with E-state index in [0.717, 1.165) is 25.8 Å². The number of hydrogen-bond donors (Lipinski definition) is 1. The second-order valence-corrected chi connectivity index (χ2v) is 9.51. The second kappa shape index (κ2) is 9.13. The molecule has 1 saturated heterocycles. The van der Waals surface area contributed by atoms with Crippen molar-refractivity contribution in [2.45, 2.75) is 51.2 Å². The van der Waals surface area contributed by atoms with Crippen molar-refractivity contribution in [3.05, 3.63) is 24.3 Å². The molecule has 0 aromatic heterocycles. The van der Waals surface area contributed by atoms with Gasteiger partial charge in [0.05, 0.1) is 18.5 Å². The Kier molecular flexibility index (Phi) is 6.82. The maximum absolute atomic E-state index is 12.6. The zero-order valence-corrected chi connectivity index (χ0v) is 17.6. The zero-order valence-electron chi connectivity index (χ0n) is 16.8. The van der Waals surface area contributed by atoms with E-state index in [1.807, 2.05) is 0 Å². The van der Waals surface area contributed by atoms with Crippen LogP contribution in [0.15, 0.2) is 24.3 Å². The molecule has 1 aromatic rings. The molecule has 1 amide bonds. The molecule has 0 aliphatic carbocycles. The summed E-state index contributed by atoms with van der Waals surface area (Å²) in [4.78, 5) is 15.1. The van der Waals surface area contributed by atoms with Crippen LogP contribution in [0.1, 0.15) is 39.0 Å². The molecule has 156 valence electrons. The Balaban J connectivity index is 1.53. The fraction of sp³-hybridized carbons (Fsp3) is 0.650. The number of hydrogen-bond acceptors (Lipinski definition) is 5. The molecule has 2 aliphatic heterocycles. The van der Waals surface area contributed by atoms with Crippen molar-refractivity contribution >= 4 is 21.6 Å². The summed E-state index contributed by atoms with van der Waals surface area (Å²) in [7, 11) is -3.49. The lowest BCUT2D eigenvalue weighted by Crippen LogP contribution is -2.50. The monoisotopic (exact) mass is 409 g/mol. The number of likely N-dealkylation sites (tertiary alicyclic amines) is 1. The molecule has 8 heteroatoms. The van der Waals surface area contributed by atoms with Gasteiger partial charge in [-0.3, -0.25) is 9.10 Å². The third kappa shape index (κ3) is 4.97. The Morgan fingerprint density at radius 3 is 2.82 bits per heavy atom. The van der Waals surface area contributed by atoms with Gasteiger partial charge in [0.15, 0.2) is 6.10 Å². The first kappa shape index (κ1) is 20.9. The number of para-hydroxylation sites is 2. The number of rotatable bonds is 7. The molecule has 0 saturated carbocycles. The first-order valence-electron chi connectivity index (χ1n) is 10.2. The lowest BCUT2D eigenvalue weighted by Gasteiger charge is -2.35. The van der Waals surface area contributed by atoms with Gasteiger partial charge in [-0.2, -0.15) is 0 Å². The summed E-state index contributed by atoms with van der Waals surface area (Å²) in [6, 6.07) is 7.56. The van der Waals surface area contributed by atoms with Gasteiger partial charge < -0.3 is 15.0 Å². The smallest absolute Gasteiger partial charge is 0.263 e. The third-order valence-electron chi connectivity index (χ3n) is 5.57. The first-order chi connectivity index (χ1) is 13.4. The molecule has 1 aromatic carbocycles. The zero-order chi connectivity index (χ0) is 20.1. The van der Waals surface area contributed by atoms with Crippen molar-refractivity contribution in [2.75, 3.05) is 36.7 Å². The molecule has 1 fully saturated rings. The topological polar surface area (TPSA) is 79.0 Å². The van der Waals surface area contributed by atoms with Crippen LogP contribution >= 0.6 is 0 Å². The molecule has 0 unspecified atom stereocenters. The molecule has 2 aliphatic rings. The highest BCUT2D eigenvalue weighted by molar-refractivity contribution is 7.92. The van der Waals surface area contributed by atoms with Crippen LogP contribution < -0.4 is 14.4 Å². The van der Waals surface area contributed by atoms with E-state index in [4.69, 9.17) is 4.74 Å². The molecule has 28 heavy (non-hydrogen) atoms. The van der Waals surface area contributed by atoms with Crippen molar-refractivity contribution in [3.63, 3.8) is 0 Å². The minimum absolute atomic E-state index is 0.00822. The van der Waals surface area contributed by atoms with Crippen molar-refractivity contribution in [3.8, 4) is 5.75 Å². The molecule has 0 radical (unpaired) electrons. The van der Waals surface area contributed by atoms with Crippen molar-refractivity contribution in [1.29, 1.82) is 0 Å². The molecule has 0 spiro atoms. The molecule has 2 heterocycles. The minimum atomic E-state index is -3.49.